The molecule has 3 N–H and O–H groups in total. The summed E-state index contributed by atoms with van der Waals surface area (Å²) in [6, 6.07) is 25.1. The Balaban J connectivity index is 1.69. The highest BCUT2D eigenvalue weighted by atomic mass is 79.9. The number of carbonyl (C=O) groups excluding carboxylic acids is 1. The highest BCUT2D eigenvalue weighted by molar-refractivity contribution is 9.10. The average Bonchev–Trinajstić information content (AvgIpc) is 3.35. The Morgan fingerprint density at radius 3 is 2.48 bits per heavy atom. The number of rotatable bonds is 14. The van der Waals surface area contributed by atoms with Gasteiger partial charge in [0.25, 0.3) is 5.91 Å². The number of hydrazine groups is 1. The number of aliphatic imine (C=N–C) groups is 1. The van der Waals surface area contributed by atoms with Gasteiger partial charge in [-0.05, 0) is 68.5 Å². The van der Waals surface area contributed by atoms with Crippen LogP contribution < -0.4 is 15.6 Å². The second kappa shape index (κ2) is 14.4. The van der Waals surface area contributed by atoms with Gasteiger partial charge in [0, 0.05) is 36.0 Å². The molecule has 3 aromatic carbocycles. The van der Waals surface area contributed by atoms with Gasteiger partial charge in [0.1, 0.15) is 5.75 Å². The molecule has 2 atom stereocenters. The van der Waals surface area contributed by atoms with E-state index in [4.69, 9.17) is 19.6 Å². The molecule has 8 nitrogen and oxygen atoms in total. The Hall–Kier alpha value is -3.24. The normalized spacial score (nSPS) is 18.3. The first kappa shape index (κ1) is 29.7. The number of nitrogens with zero attached hydrogens (tertiary/aromatic N) is 2. The number of ether oxygens (including phenoxy) is 2. The third-order valence-corrected chi connectivity index (χ3v) is 7.43. The van der Waals surface area contributed by atoms with Crippen molar-refractivity contribution in [2.75, 3.05) is 40.4 Å². The highest BCUT2D eigenvalue weighted by Gasteiger charge is 2.53. The number of carbonyl (C=O) groups is 1. The first-order valence-corrected chi connectivity index (χ1v) is 14.3. The summed E-state index contributed by atoms with van der Waals surface area (Å²) in [4.78, 5) is 21.3. The minimum Gasteiger partial charge on any atom is -0.494 e. The molecule has 0 radical (unpaired) electrons. The van der Waals surface area contributed by atoms with Crippen LogP contribution in [0.2, 0.25) is 0 Å². The Morgan fingerprint density at radius 2 is 1.77 bits per heavy atom. The molecule has 4 rings (SSSR count). The quantitative estimate of drug-likeness (QED) is 0.187. The fraction of sp³-hybridized carbons (Fsp3) is 0.355. The van der Waals surface area contributed by atoms with Crippen LogP contribution in [0.3, 0.4) is 0 Å². The van der Waals surface area contributed by atoms with E-state index < -0.39 is 11.6 Å². The van der Waals surface area contributed by atoms with Gasteiger partial charge in [0.05, 0.1) is 6.61 Å². The number of hydrogen-bond acceptors (Lipinski definition) is 7. The van der Waals surface area contributed by atoms with E-state index in [2.05, 4.69) is 31.7 Å². The molecule has 0 aromatic heterocycles. The minimum atomic E-state index is -1.27. The van der Waals surface area contributed by atoms with Crippen molar-refractivity contribution in [1.29, 1.82) is 0 Å². The van der Waals surface area contributed by atoms with Crippen molar-refractivity contribution in [3.05, 3.63) is 100 Å². The van der Waals surface area contributed by atoms with Crippen molar-refractivity contribution in [2.45, 2.75) is 30.9 Å². The summed E-state index contributed by atoms with van der Waals surface area (Å²) in [5.41, 5.74) is 7.33. The van der Waals surface area contributed by atoms with Gasteiger partial charge in [0.15, 0.2) is 11.6 Å². The van der Waals surface area contributed by atoms with Crippen molar-refractivity contribution in [3.63, 3.8) is 0 Å². The molecule has 0 saturated heterocycles. The van der Waals surface area contributed by atoms with Crippen molar-refractivity contribution in [1.82, 2.24) is 15.8 Å². The minimum absolute atomic E-state index is 0.0792. The van der Waals surface area contributed by atoms with Gasteiger partial charge in [-0.15, -0.1) is 0 Å². The summed E-state index contributed by atoms with van der Waals surface area (Å²) in [5, 5.41) is 9.02. The first-order valence-electron chi connectivity index (χ1n) is 13.5. The lowest BCUT2D eigenvalue weighted by molar-refractivity contribution is -0.130. The number of benzene rings is 3. The van der Waals surface area contributed by atoms with E-state index in [1.54, 1.807) is 0 Å². The molecule has 0 saturated carbocycles. The number of nitrogens with one attached hydrogen (secondary N) is 2. The fourth-order valence-electron chi connectivity index (χ4n) is 4.58. The topological polar surface area (TPSA) is 95.4 Å². The Kier molecular flexibility index (Phi) is 10.7. The van der Waals surface area contributed by atoms with Gasteiger partial charge in [0.2, 0.25) is 5.90 Å². The molecule has 0 unspecified atom stereocenters. The summed E-state index contributed by atoms with van der Waals surface area (Å²) >= 11 is 3.66. The number of aliphatic hydroxyl groups excluding tert-OH is 1. The van der Waals surface area contributed by atoms with Crippen LogP contribution in [0.25, 0.3) is 0 Å². The van der Waals surface area contributed by atoms with Crippen molar-refractivity contribution < 1.29 is 19.4 Å². The molecule has 1 aliphatic rings. The summed E-state index contributed by atoms with van der Waals surface area (Å²) in [6.45, 7) is 2.04. The third-order valence-electron chi connectivity index (χ3n) is 6.66. The van der Waals surface area contributed by atoms with Gasteiger partial charge >= 0.3 is 0 Å². The third kappa shape index (κ3) is 7.48. The Bertz CT molecular complexity index is 1270. The molecular formula is C31H37BrN4O4. The summed E-state index contributed by atoms with van der Waals surface area (Å²) in [7, 11) is 4.05. The molecule has 1 aliphatic heterocycles. The maximum absolute atomic E-state index is 14.1. The number of hydrogen-bond donors (Lipinski definition) is 3. The van der Waals surface area contributed by atoms with E-state index in [1.165, 1.54) is 0 Å². The lowest BCUT2D eigenvalue weighted by Gasteiger charge is -2.31. The lowest BCUT2D eigenvalue weighted by atomic mass is 9.82. The second-order valence-electron chi connectivity index (χ2n) is 10.0. The zero-order valence-corrected chi connectivity index (χ0v) is 24.6. The van der Waals surface area contributed by atoms with E-state index in [-0.39, 0.29) is 12.5 Å². The molecule has 212 valence electrons. The average molecular weight is 610 g/mol. The molecule has 9 heteroatoms. The monoisotopic (exact) mass is 608 g/mol. The van der Waals surface area contributed by atoms with E-state index in [0.717, 1.165) is 34.1 Å². The Morgan fingerprint density at radius 1 is 1.05 bits per heavy atom. The van der Waals surface area contributed by atoms with Gasteiger partial charge < -0.3 is 19.5 Å². The SMILES string of the molecule is CN(C)CCCNNC(=O)[C@@]1(Cc2ccccc2Br)N=C(c2ccc(OCCCO)cc2)O[C@H]1c1ccccc1. The molecule has 0 bridgehead atoms. The van der Waals surface area contributed by atoms with Crippen molar-refractivity contribution in [2.24, 2.45) is 4.99 Å². The van der Waals surface area contributed by atoms with Crippen LogP contribution in [0.1, 0.15) is 35.6 Å². The standard InChI is InChI=1S/C31H37BrN4O4/c1-36(2)19-8-18-33-35-30(38)31(22-25-12-6-7-13-27(25)32)28(23-10-4-3-5-11-23)40-29(34-31)24-14-16-26(17-15-24)39-21-9-20-37/h3-7,10-17,28,33,37H,8-9,18-22H2,1-2H3,(H,35,38)/t28-,31-/m0/s1. The lowest BCUT2D eigenvalue weighted by Crippen LogP contribution is -2.54. The number of aliphatic hydroxyl groups is 1. The first-order chi connectivity index (χ1) is 19.4. The van der Waals surface area contributed by atoms with E-state index in [9.17, 15) is 4.79 Å². The molecule has 40 heavy (non-hydrogen) atoms. The number of halogens is 1. The van der Waals surface area contributed by atoms with Crippen LogP contribution in [-0.2, 0) is 16.0 Å². The zero-order chi connectivity index (χ0) is 28.4. The van der Waals surface area contributed by atoms with Crippen molar-refractivity contribution >= 4 is 27.7 Å². The fourth-order valence-corrected chi connectivity index (χ4v) is 5.00. The van der Waals surface area contributed by atoms with Gasteiger partial charge in [-0.1, -0.05) is 64.5 Å². The smallest absolute Gasteiger partial charge is 0.266 e. The highest BCUT2D eigenvalue weighted by Crippen LogP contribution is 2.43. The predicted octanol–water partition coefficient (Wildman–Crippen LogP) is 4.28. The van der Waals surface area contributed by atoms with Crippen LogP contribution in [0.4, 0.5) is 0 Å². The van der Waals surface area contributed by atoms with Crippen LogP contribution in [0, 0.1) is 0 Å². The largest absolute Gasteiger partial charge is 0.494 e. The van der Waals surface area contributed by atoms with Crippen LogP contribution in [-0.4, -0.2) is 67.7 Å². The molecular weight excluding hydrogens is 572 g/mol. The van der Waals surface area contributed by atoms with Crippen molar-refractivity contribution in [3.8, 4) is 5.75 Å². The predicted molar refractivity (Wildman–Crippen MR) is 160 cm³/mol. The maximum Gasteiger partial charge on any atom is 0.266 e. The summed E-state index contributed by atoms with van der Waals surface area (Å²) in [6.07, 6.45) is 1.11. The molecule has 1 heterocycles. The molecule has 0 fully saturated rings. The molecule has 0 spiro atoms. The second-order valence-corrected chi connectivity index (χ2v) is 10.9. The summed E-state index contributed by atoms with van der Waals surface area (Å²) in [5.74, 6) is 0.820. The zero-order valence-electron chi connectivity index (χ0n) is 23.0. The van der Waals surface area contributed by atoms with E-state index in [0.29, 0.717) is 37.6 Å². The Labute approximate surface area is 244 Å². The van der Waals surface area contributed by atoms with Gasteiger partial charge in [-0.3, -0.25) is 10.2 Å². The van der Waals surface area contributed by atoms with Gasteiger partial charge in [-0.2, -0.15) is 0 Å². The molecule has 1 amide bonds. The number of amides is 1. The van der Waals surface area contributed by atoms with E-state index >= 15 is 0 Å². The van der Waals surface area contributed by atoms with Crippen LogP contribution in [0.5, 0.6) is 5.75 Å². The molecule has 0 aliphatic carbocycles. The van der Waals surface area contributed by atoms with Gasteiger partial charge in [-0.25, -0.2) is 10.4 Å². The summed E-state index contributed by atoms with van der Waals surface area (Å²) < 4.78 is 13.1. The molecule has 3 aromatic rings. The van der Waals surface area contributed by atoms with Crippen LogP contribution >= 0.6 is 15.9 Å². The van der Waals surface area contributed by atoms with E-state index in [1.807, 2.05) is 93.0 Å². The maximum atomic E-state index is 14.1. The van der Waals surface area contributed by atoms with Crippen LogP contribution in [0.15, 0.2) is 88.3 Å².